The van der Waals surface area contributed by atoms with E-state index in [1.54, 1.807) is 4.90 Å². The molecule has 0 heterocycles. The molecule has 2 atom stereocenters. The van der Waals surface area contributed by atoms with Gasteiger partial charge in [-0.25, -0.2) is 0 Å². The number of hydrogen-bond donors (Lipinski definition) is 1. The van der Waals surface area contributed by atoms with Crippen LogP contribution in [0.2, 0.25) is 0 Å². The Morgan fingerprint density at radius 1 is 1.56 bits per heavy atom. The molecule has 1 fully saturated rings. The molecule has 1 amide bonds. The maximum atomic E-state index is 11.5. The smallest absolute Gasteiger partial charge is 0.236 e. The lowest BCUT2D eigenvalue weighted by Crippen LogP contribution is -2.62. The normalized spacial score (nSPS) is 26.6. The van der Waals surface area contributed by atoms with E-state index in [1.165, 1.54) is 0 Å². The summed E-state index contributed by atoms with van der Waals surface area (Å²) in [5.41, 5.74) is 5.39. The van der Waals surface area contributed by atoms with E-state index in [0.29, 0.717) is 0 Å². The molecular weight excluding hydrogens is 228 g/mol. The molecule has 0 aliphatic heterocycles. The summed E-state index contributed by atoms with van der Waals surface area (Å²) >= 11 is 0. The highest BCUT2D eigenvalue weighted by atomic mass is 35.5. The van der Waals surface area contributed by atoms with Crippen molar-refractivity contribution in [2.45, 2.75) is 39.3 Å². The zero-order valence-electron chi connectivity index (χ0n) is 10.5. The highest BCUT2D eigenvalue weighted by Crippen LogP contribution is 2.45. The molecule has 1 aliphatic rings. The van der Waals surface area contributed by atoms with Crippen LogP contribution in [0.25, 0.3) is 0 Å². The van der Waals surface area contributed by atoms with Gasteiger partial charge < -0.3 is 15.4 Å². The molecule has 4 nitrogen and oxygen atoms in total. The second-order valence-electron chi connectivity index (χ2n) is 4.73. The van der Waals surface area contributed by atoms with Crippen LogP contribution in [0.15, 0.2) is 0 Å². The van der Waals surface area contributed by atoms with Gasteiger partial charge >= 0.3 is 0 Å². The molecule has 1 saturated carbocycles. The average molecular weight is 251 g/mol. The minimum absolute atomic E-state index is 0. The van der Waals surface area contributed by atoms with Crippen LogP contribution in [0.1, 0.15) is 27.2 Å². The van der Waals surface area contributed by atoms with E-state index in [0.717, 1.165) is 13.0 Å². The molecule has 0 radical (unpaired) electrons. The van der Waals surface area contributed by atoms with Crippen molar-refractivity contribution in [3.05, 3.63) is 0 Å². The van der Waals surface area contributed by atoms with Crippen LogP contribution in [0.3, 0.4) is 0 Å². The van der Waals surface area contributed by atoms with Crippen molar-refractivity contribution in [3.63, 3.8) is 0 Å². The quantitative estimate of drug-likeness (QED) is 0.811. The minimum Gasteiger partial charge on any atom is -0.378 e. The predicted octanol–water partition coefficient (Wildman–Crippen LogP) is 1.03. The van der Waals surface area contributed by atoms with Crippen LogP contribution >= 0.6 is 12.4 Å². The first kappa shape index (κ1) is 15.7. The molecular formula is C11H23ClN2O2. The molecule has 1 aliphatic carbocycles. The number of amides is 1. The fourth-order valence-electron chi connectivity index (χ4n) is 2.32. The third-order valence-corrected chi connectivity index (χ3v) is 3.53. The molecule has 2 unspecified atom stereocenters. The summed E-state index contributed by atoms with van der Waals surface area (Å²) in [6, 6.07) is 0.255. The summed E-state index contributed by atoms with van der Waals surface area (Å²) in [7, 11) is 1.82. The van der Waals surface area contributed by atoms with Gasteiger partial charge in [0.25, 0.3) is 0 Å². The number of hydrogen-bond acceptors (Lipinski definition) is 3. The first-order valence-corrected chi connectivity index (χ1v) is 5.52. The topological polar surface area (TPSA) is 55.6 Å². The van der Waals surface area contributed by atoms with E-state index in [-0.39, 0.29) is 42.4 Å². The maximum Gasteiger partial charge on any atom is 0.236 e. The molecule has 2 N–H and O–H groups in total. The monoisotopic (exact) mass is 250 g/mol. The van der Waals surface area contributed by atoms with Crippen LogP contribution in [0.5, 0.6) is 0 Å². The molecule has 0 saturated heterocycles. The van der Waals surface area contributed by atoms with E-state index < -0.39 is 0 Å². The van der Waals surface area contributed by atoms with Crippen LogP contribution < -0.4 is 5.73 Å². The lowest BCUT2D eigenvalue weighted by Gasteiger charge is -2.54. The van der Waals surface area contributed by atoms with Crippen LogP contribution in [0, 0.1) is 5.41 Å². The fraction of sp³-hybridized carbons (Fsp3) is 0.909. The van der Waals surface area contributed by atoms with E-state index in [2.05, 4.69) is 13.8 Å². The Balaban J connectivity index is 0.00000225. The number of rotatable bonds is 4. The van der Waals surface area contributed by atoms with Crippen molar-refractivity contribution < 1.29 is 9.53 Å². The summed E-state index contributed by atoms with van der Waals surface area (Å²) < 4.78 is 5.62. The number of nitrogens with two attached hydrogens (primary N) is 1. The van der Waals surface area contributed by atoms with Crippen LogP contribution in [0.4, 0.5) is 0 Å². The first-order valence-electron chi connectivity index (χ1n) is 5.52. The van der Waals surface area contributed by atoms with Crippen molar-refractivity contribution >= 4 is 18.3 Å². The predicted molar refractivity (Wildman–Crippen MR) is 66.7 cm³/mol. The molecule has 1 rings (SSSR count). The number of carbonyl (C=O) groups is 1. The minimum atomic E-state index is 0. The molecule has 96 valence electrons. The van der Waals surface area contributed by atoms with E-state index in [4.69, 9.17) is 10.5 Å². The van der Waals surface area contributed by atoms with Gasteiger partial charge in [0.1, 0.15) is 0 Å². The van der Waals surface area contributed by atoms with Crippen molar-refractivity contribution in [1.29, 1.82) is 0 Å². The molecule has 5 heteroatoms. The summed E-state index contributed by atoms with van der Waals surface area (Å²) in [5, 5.41) is 0. The number of halogens is 1. The molecule has 0 spiro atoms. The number of ether oxygens (including phenoxy) is 1. The Morgan fingerprint density at radius 3 is 2.50 bits per heavy atom. The van der Waals surface area contributed by atoms with E-state index in [9.17, 15) is 4.79 Å². The van der Waals surface area contributed by atoms with E-state index in [1.807, 2.05) is 14.0 Å². The SMILES string of the molecule is CCOC1CC(N(C)C(=O)CN)C1(C)C.Cl. The Labute approximate surface area is 104 Å². The van der Waals surface area contributed by atoms with Gasteiger partial charge in [-0.15, -0.1) is 12.4 Å². The Morgan fingerprint density at radius 2 is 2.12 bits per heavy atom. The lowest BCUT2D eigenvalue weighted by molar-refractivity contribution is -0.162. The number of nitrogens with zero attached hydrogens (tertiary/aromatic N) is 1. The second-order valence-corrected chi connectivity index (χ2v) is 4.73. The van der Waals surface area contributed by atoms with Gasteiger partial charge in [-0.3, -0.25) is 4.79 Å². The second kappa shape index (κ2) is 5.84. The fourth-order valence-corrected chi connectivity index (χ4v) is 2.32. The van der Waals surface area contributed by atoms with Crippen LogP contribution in [-0.2, 0) is 9.53 Å². The summed E-state index contributed by atoms with van der Waals surface area (Å²) in [6.07, 6.45) is 1.18. The van der Waals surface area contributed by atoms with Gasteiger partial charge in [0.05, 0.1) is 12.6 Å². The Bertz CT molecular complexity index is 246. The van der Waals surface area contributed by atoms with Crippen molar-refractivity contribution in [1.82, 2.24) is 4.90 Å². The van der Waals surface area contributed by atoms with Crippen LogP contribution in [-0.4, -0.2) is 43.2 Å². The van der Waals surface area contributed by atoms with Gasteiger partial charge in [0.2, 0.25) is 5.91 Å². The Kier molecular flexibility index (Phi) is 5.73. The molecule has 0 aromatic carbocycles. The largest absolute Gasteiger partial charge is 0.378 e. The summed E-state index contributed by atoms with van der Waals surface area (Å²) in [4.78, 5) is 13.2. The average Bonchev–Trinajstić information content (AvgIpc) is 2.21. The standard InChI is InChI=1S/C11H22N2O2.ClH/c1-5-15-9-6-8(11(9,2)3)13(4)10(14)7-12;/h8-9H,5-7,12H2,1-4H3;1H. The number of likely N-dealkylation sites (N-methyl/N-ethyl adjacent to an activating group) is 1. The Hall–Kier alpha value is -0.320. The molecule has 0 aromatic heterocycles. The molecule has 0 aromatic rings. The summed E-state index contributed by atoms with van der Waals surface area (Å²) in [6.45, 7) is 7.10. The van der Waals surface area contributed by atoms with Crippen molar-refractivity contribution in [2.75, 3.05) is 20.2 Å². The zero-order chi connectivity index (χ0) is 11.6. The zero-order valence-corrected chi connectivity index (χ0v) is 11.3. The van der Waals surface area contributed by atoms with Gasteiger partial charge in [-0.1, -0.05) is 13.8 Å². The highest BCUT2D eigenvalue weighted by Gasteiger charge is 2.51. The lowest BCUT2D eigenvalue weighted by atomic mass is 9.64. The van der Waals surface area contributed by atoms with Crippen molar-refractivity contribution in [2.24, 2.45) is 11.1 Å². The third-order valence-electron chi connectivity index (χ3n) is 3.53. The molecule has 0 bridgehead atoms. The summed E-state index contributed by atoms with van der Waals surface area (Å²) in [5.74, 6) is 0.00280. The van der Waals surface area contributed by atoms with Gasteiger partial charge in [-0.2, -0.15) is 0 Å². The van der Waals surface area contributed by atoms with Gasteiger partial charge in [0.15, 0.2) is 0 Å². The highest BCUT2D eigenvalue weighted by molar-refractivity contribution is 5.85. The van der Waals surface area contributed by atoms with Crippen molar-refractivity contribution in [3.8, 4) is 0 Å². The number of carbonyl (C=O) groups excluding carboxylic acids is 1. The maximum absolute atomic E-state index is 11.5. The molecule has 16 heavy (non-hydrogen) atoms. The van der Waals surface area contributed by atoms with Gasteiger partial charge in [0, 0.05) is 25.1 Å². The van der Waals surface area contributed by atoms with Gasteiger partial charge in [-0.05, 0) is 13.3 Å². The van der Waals surface area contributed by atoms with E-state index >= 15 is 0 Å². The third kappa shape index (κ3) is 2.67. The first-order chi connectivity index (χ1) is 6.95.